The van der Waals surface area contributed by atoms with E-state index in [1.807, 2.05) is 6.92 Å². The number of carbonyl (C=O) groups is 2. The molecule has 2 rings (SSSR count). The zero-order valence-electron chi connectivity index (χ0n) is 12.3. The fraction of sp³-hybridized carbons (Fsp3) is 0.533. The average molecular weight is 292 g/mol. The van der Waals surface area contributed by atoms with Crippen LogP contribution >= 0.6 is 0 Å². The second kappa shape index (κ2) is 6.22. The highest BCUT2D eigenvalue weighted by atomic mass is 16.5. The molecule has 0 atom stereocenters. The first-order valence-electron chi connectivity index (χ1n) is 7.08. The molecule has 1 amide bonds. The Morgan fingerprint density at radius 1 is 1.38 bits per heavy atom. The summed E-state index contributed by atoms with van der Waals surface area (Å²) in [4.78, 5) is 27.4. The van der Waals surface area contributed by atoms with Crippen LogP contribution < -0.4 is 5.32 Å². The normalized spacial score (nSPS) is 17.2. The van der Waals surface area contributed by atoms with Crippen molar-refractivity contribution in [3.05, 3.63) is 29.1 Å². The van der Waals surface area contributed by atoms with Crippen LogP contribution in [0.2, 0.25) is 0 Å². The lowest BCUT2D eigenvalue weighted by atomic mass is 9.87. The number of nitrogens with zero attached hydrogens (tertiary/aromatic N) is 1. The van der Waals surface area contributed by atoms with Crippen molar-refractivity contribution in [1.29, 1.82) is 0 Å². The predicted molar refractivity (Wildman–Crippen MR) is 76.5 cm³/mol. The minimum Gasteiger partial charge on any atom is -0.478 e. The molecule has 0 bridgehead atoms. The van der Waals surface area contributed by atoms with Crippen LogP contribution in [-0.2, 0) is 4.74 Å². The highest BCUT2D eigenvalue weighted by molar-refractivity contribution is 5.94. The van der Waals surface area contributed by atoms with E-state index < -0.39 is 5.97 Å². The molecule has 0 spiro atoms. The fourth-order valence-corrected chi connectivity index (χ4v) is 2.55. The van der Waals surface area contributed by atoms with Gasteiger partial charge in [-0.2, -0.15) is 0 Å². The molecule has 0 aromatic carbocycles. The third-order valence-electron chi connectivity index (χ3n) is 4.05. The van der Waals surface area contributed by atoms with Crippen molar-refractivity contribution >= 4 is 11.9 Å². The molecule has 1 aromatic heterocycles. The summed E-state index contributed by atoms with van der Waals surface area (Å²) in [6.45, 7) is 4.90. The zero-order chi connectivity index (χ0) is 15.5. The predicted octanol–water partition coefficient (Wildman–Crippen LogP) is 1.78. The fourth-order valence-electron chi connectivity index (χ4n) is 2.55. The van der Waals surface area contributed by atoms with Crippen LogP contribution in [-0.4, -0.2) is 40.7 Å². The Hall–Kier alpha value is -1.95. The van der Waals surface area contributed by atoms with E-state index in [0.29, 0.717) is 18.9 Å². The number of carboxylic acid groups (broad SMARTS) is 1. The number of hydrogen-bond donors (Lipinski definition) is 2. The van der Waals surface area contributed by atoms with Gasteiger partial charge < -0.3 is 15.2 Å². The lowest BCUT2D eigenvalue weighted by molar-refractivity contribution is 0.0343. The summed E-state index contributed by atoms with van der Waals surface area (Å²) in [6, 6.07) is 2.87. The third kappa shape index (κ3) is 3.39. The van der Waals surface area contributed by atoms with E-state index in [1.165, 1.54) is 12.1 Å². The summed E-state index contributed by atoms with van der Waals surface area (Å²) in [7, 11) is 0. The number of pyridine rings is 1. The van der Waals surface area contributed by atoms with Crippen molar-refractivity contribution in [2.75, 3.05) is 13.2 Å². The van der Waals surface area contributed by atoms with Crippen LogP contribution in [0.3, 0.4) is 0 Å². The number of aromatic nitrogens is 1. The van der Waals surface area contributed by atoms with Crippen LogP contribution in [0.4, 0.5) is 0 Å². The Morgan fingerprint density at radius 2 is 2.05 bits per heavy atom. The monoisotopic (exact) mass is 292 g/mol. The van der Waals surface area contributed by atoms with Crippen LogP contribution in [0.25, 0.3) is 0 Å². The lowest BCUT2D eigenvalue weighted by Gasteiger charge is -2.37. The van der Waals surface area contributed by atoms with Gasteiger partial charge in [-0.05, 0) is 38.3 Å². The maximum absolute atomic E-state index is 12.3. The number of nitrogens with one attached hydrogen (secondary N) is 1. The second-order valence-corrected chi connectivity index (χ2v) is 5.33. The number of ether oxygens (including phenoxy) is 1. The van der Waals surface area contributed by atoms with Gasteiger partial charge in [0.05, 0.1) is 11.3 Å². The van der Waals surface area contributed by atoms with Gasteiger partial charge in [-0.3, -0.25) is 4.79 Å². The first kappa shape index (κ1) is 15.4. The first-order valence-corrected chi connectivity index (χ1v) is 7.08. The standard InChI is InChI=1S/C15H20N2O4/c1-3-15(6-8-21-9-7-15)17-13(18)12-5-4-11(14(19)20)10(2)16-12/h4-5H,3,6-9H2,1-2H3,(H,17,18)(H,19,20). The molecule has 21 heavy (non-hydrogen) atoms. The van der Waals surface area contributed by atoms with Crippen molar-refractivity contribution in [3.8, 4) is 0 Å². The Bertz CT molecular complexity index is 551. The van der Waals surface area contributed by atoms with Gasteiger partial charge >= 0.3 is 5.97 Å². The molecule has 2 N–H and O–H groups in total. The Balaban J connectivity index is 2.16. The summed E-state index contributed by atoms with van der Waals surface area (Å²) in [6.07, 6.45) is 2.39. The minimum absolute atomic E-state index is 0.114. The van der Waals surface area contributed by atoms with Gasteiger partial charge in [-0.15, -0.1) is 0 Å². The Labute approximate surface area is 123 Å². The number of aryl methyl sites for hydroxylation is 1. The number of amides is 1. The molecule has 1 saturated heterocycles. The van der Waals surface area contributed by atoms with Gasteiger partial charge in [-0.25, -0.2) is 9.78 Å². The molecule has 6 heteroatoms. The number of carbonyl (C=O) groups excluding carboxylic acids is 1. The van der Waals surface area contributed by atoms with E-state index in [-0.39, 0.29) is 22.7 Å². The van der Waals surface area contributed by atoms with Gasteiger partial charge in [-0.1, -0.05) is 6.92 Å². The largest absolute Gasteiger partial charge is 0.478 e. The molecule has 0 saturated carbocycles. The molecule has 1 fully saturated rings. The Morgan fingerprint density at radius 3 is 2.57 bits per heavy atom. The number of aromatic carboxylic acids is 1. The van der Waals surface area contributed by atoms with E-state index >= 15 is 0 Å². The van der Waals surface area contributed by atoms with Crippen LogP contribution in [0, 0.1) is 6.92 Å². The van der Waals surface area contributed by atoms with Crippen molar-refractivity contribution in [3.63, 3.8) is 0 Å². The molecule has 1 aliphatic heterocycles. The first-order chi connectivity index (χ1) is 9.97. The summed E-state index contributed by atoms with van der Waals surface area (Å²) < 4.78 is 5.34. The molecular formula is C15H20N2O4. The summed E-state index contributed by atoms with van der Waals surface area (Å²) in [5.74, 6) is -1.31. The van der Waals surface area contributed by atoms with E-state index in [2.05, 4.69) is 10.3 Å². The van der Waals surface area contributed by atoms with Crippen molar-refractivity contribution in [2.24, 2.45) is 0 Å². The minimum atomic E-state index is -1.04. The second-order valence-electron chi connectivity index (χ2n) is 5.33. The van der Waals surface area contributed by atoms with E-state index in [9.17, 15) is 9.59 Å². The van der Waals surface area contributed by atoms with Crippen LogP contribution in [0.5, 0.6) is 0 Å². The highest BCUT2D eigenvalue weighted by Gasteiger charge is 2.32. The highest BCUT2D eigenvalue weighted by Crippen LogP contribution is 2.24. The molecule has 2 heterocycles. The Kier molecular flexibility index (Phi) is 4.57. The van der Waals surface area contributed by atoms with E-state index in [1.54, 1.807) is 6.92 Å². The molecule has 6 nitrogen and oxygen atoms in total. The molecule has 1 aliphatic rings. The molecule has 1 aromatic rings. The number of carboxylic acids is 1. The van der Waals surface area contributed by atoms with Gasteiger partial charge in [0.1, 0.15) is 5.69 Å². The molecule has 0 radical (unpaired) electrons. The molecule has 0 aliphatic carbocycles. The van der Waals surface area contributed by atoms with Crippen molar-refractivity contribution in [2.45, 2.75) is 38.6 Å². The topological polar surface area (TPSA) is 88.5 Å². The van der Waals surface area contributed by atoms with Gasteiger partial charge in [0, 0.05) is 18.8 Å². The lowest BCUT2D eigenvalue weighted by Crippen LogP contribution is -2.51. The third-order valence-corrected chi connectivity index (χ3v) is 4.05. The summed E-state index contributed by atoms with van der Waals surface area (Å²) in [5.41, 5.74) is 0.448. The van der Waals surface area contributed by atoms with Gasteiger partial charge in [0.15, 0.2) is 0 Å². The van der Waals surface area contributed by atoms with E-state index in [0.717, 1.165) is 19.3 Å². The molecule has 0 unspecified atom stereocenters. The van der Waals surface area contributed by atoms with Gasteiger partial charge in [0.25, 0.3) is 5.91 Å². The smallest absolute Gasteiger partial charge is 0.337 e. The molecule has 114 valence electrons. The van der Waals surface area contributed by atoms with Gasteiger partial charge in [0.2, 0.25) is 0 Å². The van der Waals surface area contributed by atoms with Crippen LogP contribution in [0.1, 0.15) is 52.7 Å². The molecular weight excluding hydrogens is 272 g/mol. The maximum Gasteiger partial charge on any atom is 0.337 e. The zero-order valence-corrected chi connectivity index (χ0v) is 12.3. The van der Waals surface area contributed by atoms with Crippen molar-refractivity contribution < 1.29 is 19.4 Å². The summed E-state index contributed by atoms with van der Waals surface area (Å²) >= 11 is 0. The van der Waals surface area contributed by atoms with E-state index in [4.69, 9.17) is 9.84 Å². The van der Waals surface area contributed by atoms with Crippen LogP contribution in [0.15, 0.2) is 12.1 Å². The number of rotatable bonds is 4. The average Bonchev–Trinajstić information content (AvgIpc) is 2.47. The quantitative estimate of drug-likeness (QED) is 0.883. The number of hydrogen-bond acceptors (Lipinski definition) is 4. The van der Waals surface area contributed by atoms with Crippen molar-refractivity contribution in [1.82, 2.24) is 10.3 Å². The SMILES string of the molecule is CCC1(NC(=O)c2ccc(C(=O)O)c(C)n2)CCOCC1. The maximum atomic E-state index is 12.3. The summed E-state index contributed by atoms with van der Waals surface area (Å²) in [5, 5.41) is 12.0.